The van der Waals surface area contributed by atoms with Crippen molar-refractivity contribution in [1.82, 2.24) is 20.4 Å². The molecule has 0 spiro atoms. The summed E-state index contributed by atoms with van der Waals surface area (Å²) in [7, 11) is 0. The van der Waals surface area contributed by atoms with Crippen LogP contribution in [-0.2, 0) is 0 Å². The van der Waals surface area contributed by atoms with Crippen molar-refractivity contribution < 1.29 is 9.47 Å². The molecular formula is C32H34N4O2. The molecule has 0 aliphatic rings. The molecule has 0 fully saturated rings. The molecule has 194 valence electrons. The molecule has 6 nitrogen and oxygen atoms in total. The van der Waals surface area contributed by atoms with Crippen molar-refractivity contribution >= 4 is 0 Å². The highest BCUT2D eigenvalue weighted by Gasteiger charge is 2.10. The number of ether oxygens (including phenoxy) is 2. The van der Waals surface area contributed by atoms with E-state index in [1.807, 2.05) is 30.3 Å². The topological polar surface area (TPSA) is 75.8 Å². The Kier molecular flexibility index (Phi) is 8.19. The summed E-state index contributed by atoms with van der Waals surface area (Å²) in [5, 5.41) is 15.5. The average molecular weight is 507 g/mol. The fraction of sp³-hybridized carbons (Fsp3) is 0.250. The van der Waals surface area contributed by atoms with Crippen LogP contribution >= 0.6 is 0 Å². The van der Waals surface area contributed by atoms with Crippen LogP contribution in [0.2, 0.25) is 0 Å². The SMILES string of the molecule is CCCCOc1ccc(-c2cc(-c3cccc(-c4cc(-c5ccc(OCCCC)cc5)[nH]n4)c3)n[nH]2)cc1. The molecule has 6 heteroatoms. The first kappa shape index (κ1) is 25.3. The van der Waals surface area contributed by atoms with Crippen LogP contribution < -0.4 is 9.47 Å². The molecule has 0 radical (unpaired) electrons. The first-order valence-corrected chi connectivity index (χ1v) is 13.4. The highest BCUT2D eigenvalue weighted by atomic mass is 16.5. The monoisotopic (exact) mass is 506 g/mol. The molecule has 2 aromatic heterocycles. The second-order valence-corrected chi connectivity index (χ2v) is 9.37. The molecule has 3 aromatic carbocycles. The minimum atomic E-state index is 0.748. The van der Waals surface area contributed by atoms with Gasteiger partial charge in [0, 0.05) is 11.1 Å². The lowest BCUT2D eigenvalue weighted by Gasteiger charge is -2.05. The Morgan fingerprint density at radius 3 is 1.42 bits per heavy atom. The fourth-order valence-corrected chi connectivity index (χ4v) is 4.20. The molecule has 2 heterocycles. The van der Waals surface area contributed by atoms with Crippen LogP contribution in [0.25, 0.3) is 45.0 Å². The van der Waals surface area contributed by atoms with Gasteiger partial charge in [-0.1, -0.05) is 44.9 Å². The molecule has 0 bridgehead atoms. The van der Waals surface area contributed by atoms with Crippen LogP contribution in [0.15, 0.2) is 84.9 Å². The second kappa shape index (κ2) is 12.3. The van der Waals surface area contributed by atoms with Gasteiger partial charge in [0.15, 0.2) is 0 Å². The Labute approximate surface area is 224 Å². The lowest BCUT2D eigenvalue weighted by atomic mass is 10.0. The largest absolute Gasteiger partial charge is 0.494 e. The van der Waals surface area contributed by atoms with Crippen molar-refractivity contribution in [2.75, 3.05) is 13.2 Å². The van der Waals surface area contributed by atoms with E-state index < -0.39 is 0 Å². The van der Waals surface area contributed by atoms with Gasteiger partial charge in [-0.25, -0.2) is 0 Å². The number of aromatic nitrogens is 4. The quantitative estimate of drug-likeness (QED) is 0.167. The van der Waals surface area contributed by atoms with Crippen molar-refractivity contribution in [2.45, 2.75) is 39.5 Å². The average Bonchev–Trinajstić information content (AvgIpc) is 3.65. The molecule has 0 unspecified atom stereocenters. The van der Waals surface area contributed by atoms with Crippen LogP contribution in [-0.4, -0.2) is 33.6 Å². The Hall–Kier alpha value is -4.32. The van der Waals surface area contributed by atoms with Gasteiger partial charge in [0.1, 0.15) is 11.5 Å². The van der Waals surface area contributed by atoms with Crippen LogP contribution in [0.3, 0.4) is 0 Å². The Morgan fingerprint density at radius 1 is 0.553 bits per heavy atom. The third-order valence-corrected chi connectivity index (χ3v) is 6.47. The molecule has 0 aliphatic heterocycles. The van der Waals surface area contributed by atoms with E-state index in [9.17, 15) is 0 Å². The van der Waals surface area contributed by atoms with E-state index in [1.54, 1.807) is 0 Å². The number of hydrogen-bond donors (Lipinski definition) is 2. The molecule has 0 saturated heterocycles. The zero-order chi connectivity index (χ0) is 26.2. The first-order valence-electron chi connectivity index (χ1n) is 13.4. The number of unbranched alkanes of at least 4 members (excludes halogenated alkanes) is 2. The van der Waals surface area contributed by atoms with Gasteiger partial charge in [-0.2, -0.15) is 10.2 Å². The molecule has 5 aromatic rings. The van der Waals surface area contributed by atoms with Crippen molar-refractivity contribution in [1.29, 1.82) is 0 Å². The van der Waals surface area contributed by atoms with E-state index in [0.717, 1.165) is 95.4 Å². The number of H-pyrrole nitrogens is 2. The molecule has 2 N–H and O–H groups in total. The molecule has 0 atom stereocenters. The Bertz CT molecular complexity index is 1330. The Morgan fingerprint density at radius 2 is 1.00 bits per heavy atom. The third kappa shape index (κ3) is 6.14. The predicted octanol–water partition coefficient (Wildman–Crippen LogP) is 8.16. The molecule has 38 heavy (non-hydrogen) atoms. The highest BCUT2D eigenvalue weighted by Crippen LogP contribution is 2.30. The zero-order valence-corrected chi connectivity index (χ0v) is 22.0. The van der Waals surface area contributed by atoms with Gasteiger partial charge in [-0.3, -0.25) is 10.2 Å². The maximum Gasteiger partial charge on any atom is 0.119 e. The fourth-order valence-electron chi connectivity index (χ4n) is 4.20. The molecular weight excluding hydrogens is 472 g/mol. The summed E-state index contributed by atoms with van der Waals surface area (Å²) in [5.74, 6) is 1.79. The van der Waals surface area contributed by atoms with Crippen LogP contribution in [0.4, 0.5) is 0 Å². The molecule has 5 rings (SSSR count). The van der Waals surface area contributed by atoms with Gasteiger partial charge < -0.3 is 9.47 Å². The number of hydrogen-bond acceptors (Lipinski definition) is 4. The third-order valence-electron chi connectivity index (χ3n) is 6.47. The number of nitrogens with zero attached hydrogens (tertiary/aromatic N) is 2. The minimum absolute atomic E-state index is 0.748. The summed E-state index contributed by atoms with van der Waals surface area (Å²) in [4.78, 5) is 0. The number of rotatable bonds is 12. The molecule has 0 amide bonds. The minimum Gasteiger partial charge on any atom is -0.494 e. The van der Waals surface area contributed by atoms with Crippen LogP contribution in [0.1, 0.15) is 39.5 Å². The van der Waals surface area contributed by atoms with E-state index >= 15 is 0 Å². The first-order chi connectivity index (χ1) is 18.7. The van der Waals surface area contributed by atoms with Gasteiger partial charge in [0.2, 0.25) is 0 Å². The highest BCUT2D eigenvalue weighted by molar-refractivity contribution is 5.74. The summed E-state index contributed by atoms with van der Waals surface area (Å²) < 4.78 is 11.6. The number of nitrogens with one attached hydrogen (secondary N) is 2. The predicted molar refractivity (Wildman–Crippen MR) is 153 cm³/mol. The van der Waals surface area contributed by atoms with Gasteiger partial charge in [0.25, 0.3) is 0 Å². The lowest BCUT2D eigenvalue weighted by Crippen LogP contribution is -1.95. The van der Waals surface area contributed by atoms with Crippen LogP contribution in [0, 0.1) is 0 Å². The van der Waals surface area contributed by atoms with Gasteiger partial charge >= 0.3 is 0 Å². The van der Waals surface area contributed by atoms with E-state index in [0.29, 0.717) is 0 Å². The summed E-state index contributed by atoms with van der Waals surface area (Å²) in [5.41, 5.74) is 7.91. The summed E-state index contributed by atoms with van der Waals surface area (Å²) in [6, 6.07) is 28.7. The van der Waals surface area contributed by atoms with E-state index in [2.05, 4.69) is 88.8 Å². The normalized spacial score (nSPS) is 11.0. The summed E-state index contributed by atoms with van der Waals surface area (Å²) in [6.45, 7) is 5.82. The number of aromatic amines is 2. The second-order valence-electron chi connectivity index (χ2n) is 9.37. The zero-order valence-electron chi connectivity index (χ0n) is 22.0. The number of benzene rings is 3. The van der Waals surface area contributed by atoms with Crippen molar-refractivity contribution in [2.24, 2.45) is 0 Å². The van der Waals surface area contributed by atoms with Crippen LogP contribution in [0.5, 0.6) is 11.5 Å². The standard InChI is InChI=1S/C32H34N4O2/c1-3-5-18-37-27-14-10-23(11-15-27)29-21-31(35-33-29)25-8-7-9-26(20-25)32-22-30(34-36-32)24-12-16-28(17-13-24)38-19-6-4-2/h7-17,20-22H,3-6,18-19H2,1-2H3,(H,33,35)(H,34,36). The van der Waals surface area contributed by atoms with Gasteiger partial charge in [-0.15, -0.1) is 0 Å². The molecule has 0 aliphatic carbocycles. The van der Waals surface area contributed by atoms with Crippen molar-refractivity contribution in [3.05, 3.63) is 84.9 Å². The smallest absolute Gasteiger partial charge is 0.119 e. The van der Waals surface area contributed by atoms with Crippen molar-refractivity contribution in [3.8, 4) is 56.5 Å². The van der Waals surface area contributed by atoms with Crippen molar-refractivity contribution in [3.63, 3.8) is 0 Å². The summed E-state index contributed by atoms with van der Waals surface area (Å²) in [6.07, 6.45) is 4.37. The van der Waals surface area contributed by atoms with Gasteiger partial charge in [0.05, 0.1) is 36.0 Å². The summed E-state index contributed by atoms with van der Waals surface area (Å²) >= 11 is 0. The van der Waals surface area contributed by atoms with Gasteiger partial charge in [-0.05, 0) is 90.7 Å². The Balaban J connectivity index is 1.28. The van der Waals surface area contributed by atoms with E-state index in [-0.39, 0.29) is 0 Å². The lowest BCUT2D eigenvalue weighted by molar-refractivity contribution is 0.309. The molecule has 0 saturated carbocycles. The maximum atomic E-state index is 5.78. The van der Waals surface area contributed by atoms with E-state index in [4.69, 9.17) is 9.47 Å². The maximum absolute atomic E-state index is 5.78. The van der Waals surface area contributed by atoms with E-state index in [1.165, 1.54) is 0 Å².